The lowest BCUT2D eigenvalue weighted by atomic mass is 9.91. The minimum absolute atomic E-state index is 0.157. The molecular weight excluding hydrogens is 460 g/mol. The summed E-state index contributed by atoms with van der Waals surface area (Å²) in [6.07, 6.45) is 6.03. The van der Waals surface area contributed by atoms with Gasteiger partial charge in [-0.1, -0.05) is 17.9 Å². The number of rotatable bonds is 14. The Morgan fingerprint density at radius 3 is 2.56 bits per heavy atom. The van der Waals surface area contributed by atoms with Crippen molar-refractivity contribution >= 4 is 25.0 Å². The average molecular weight is 499 g/mol. The van der Waals surface area contributed by atoms with Crippen LogP contribution in [0.5, 0.6) is 0 Å². The third-order valence-corrected chi connectivity index (χ3v) is 6.61. The molecule has 0 aliphatic heterocycles. The highest BCUT2D eigenvalue weighted by molar-refractivity contribution is 5.76. The molecule has 4 N–H and O–H groups in total. The van der Waals surface area contributed by atoms with Gasteiger partial charge in [0, 0.05) is 50.6 Å². The van der Waals surface area contributed by atoms with Gasteiger partial charge in [-0.3, -0.25) is 14.4 Å². The van der Waals surface area contributed by atoms with E-state index in [1.165, 1.54) is 11.9 Å². The van der Waals surface area contributed by atoms with Crippen LogP contribution in [-0.4, -0.2) is 72.8 Å². The van der Waals surface area contributed by atoms with Gasteiger partial charge in [0.15, 0.2) is 0 Å². The second-order valence-electron chi connectivity index (χ2n) is 9.24. The van der Waals surface area contributed by atoms with Crippen LogP contribution >= 0.6 is 0 Å². The molecule has 2 rings (SSSR count). The molecule has 0 heterocycles. The van der Waals surface area contributed by atoms with Gasteiger partial charge in [-0.25, -0.2) is 0 Å². The molecular formula is C27H38N4O5. The van der Waals surface area contributed by atoms with E-state index < -0.39 is 12.1 Å². The van der Waals surface area contributed by atoms with E-state index in [-0.39, 0.29) is 31.3 Å². The lowest BCUT2D eigenvalue weighted by Crippen LogP contribution is -2.41. The molecule has 1 fully saturated rings. The Morgan fingerprint density at radius 2 is 1.92 bits per heavy atom. The molecule has 1 saturated carbocycles. The van der Waals surface area contributed by atoms with Gasteiger partial charge in [0.1, 0.15) is 6.29 Å². The standard InChI is InChI=1S/C27H38N4O5/c1-20-6-7-21(14-22(20)16-31(19-34)25(17-32)12-13-27(36)28-2)4-3-5-26(35)15-29-23-8-10-24(11-9-23)30-18-33/h6-7,14,17-19,23-26,29,35H,5,8-13,15-16H2,1-2H3,(H,28,36)(H,30,33)/t23-,24+,25?,26?. The Hall–Kier alpha value is -3.22. The molecule has 1 aliphatic rings. The molecule has 2 unspecified atom stereocenters. The minimum atomic E-state index is -0.687. The van der Waals surface area contributed by atoms with Crippen molar-refractivity contribution in [3.05, 3.63) is 34.9 Å². The maximum absolute atomic E-state index is 11.7. The number of aliphatic hydroxyl groups excluding tert-OH is 1. The predicted octanol–water partition coefficient (Wildman–Crippen LogP) is 0.796. The van der Waals surface area contributed by atoms with E-state index >= 15 is 0 Å². The maximum Gasteiger partial charge on any atom is 0.219 e. The maximum atomic E-state index is 11.7. The molecule has 2 atom stereocenters. The van der Waals surface area contributed by atoms with Gasteiger partial charge in [-0.05, 0) is 62.3 Å². The lowest BCUT2D eigenvalue weighted by molar-refractivity contribution is -0.127. The van der Waals surface area contributed by atoms with E-state index in [9.17, 15) is 24.3 Å². The highest BCUT2D eigenvalue weighted by atomic mass is 16.3. The van der Waals surface area contributed by atoms with Crippen molar-refractivity contribution in [2.45, 2.75) is 82.6 Å². The van der Waals surface area contributed by atoms with E-state index in [1.807, 2.05) is 25.1 Å². The first-order valence-corrected chi connectivity index (χ1v) is 12.5. The SMILES string of the molecule is CNC(=O)CCC(C=O)N(C=O)Cc1cc(C#CCC(O)CN[C@H]2CC[C@@H](NC=O)CC2)ccc1C. The van der Waals surface area contributed by atoms with E-state index in [0.717, 1.165) is 48.8 Å². The van der Waals surface area contributed by atoms with E-state index in [2.05, 4.69) is 27.8 Å². The Labute approximate surface area is 213 Å². The molecule has 0 bridgehead atoms. The molecule has 0 aromatic heterocycles. The van der Waals surface area contributed by atoms with Gasteiger partial charge in [0.2, 0.25) is 18.7 Å². The van der Waals surface area contributed by atoms with Crippen molar-refractivity contribution in [2.75, 3.05) is 13.6 Å². The molecule has 1 aliphatic carbocycles. The van der Waals surface area contributed by atoms with Crippen LogP contribution in [0.2, 0.25) is 0 Å². The van der Waals surface area contributed by atoms with E-state index in [1.54, 1.807) is 0 Å². The second kappa shape index (κ2) is 15.7. The average Bonchev–Trinajstić information content (AvgIpc) is 2.89. The number of carbonyl (C=O) groups excluding carboxylic acids is 4. The Balaban J connectivity index is 1.88. The summed E-state index contributed by atoms with van der Waals surface area (Å²) in [6.45, 7) is 2.62. The van der Waals surface area contributed by atoms with Crippen LogP contribution in [0.15, 0.2) is 18.2 Å². The minimum Gasteiger partial charge on any atom is -0.391 e. The number of aryl methyl sites for hydroxylation is 1. The summed E-state index contributed by atoms with van der Waals surface area (Å²) in [5.74, 6) is 5.92. The monoisotopic (exact) mass is 498 g/mol. The van der Waals surface area contributed by atoms with Gasteiger partial charge in [0.25, 0.3) is 0 Å². The van der Waals surface area contributed by atoms with Crippen molar-refractivity contribution < 1.29 is 24.3 Å². The van der Waals surface area contributed by atoms with E-state index in [0.29, 0.717) is 31.7 Å². The lowest BCUT2D eigenvalue weighted by Gasteiger charge is -2.29. The second-order valence-corrected chi connectivity index (χ2v) is 9.24. The summed E-state index contributed by atoms with van der Waals surface area (Å²) in [5.41, 5.74) is 2.59. The summed E-state index contributed by atoms with van der Waals surface area (Å²) < 4.78 is 0. The molecule has 9 nitrogen and oxygen atoms in total. The summed E-state index contributed by atoms with van der Waals surface area (Å²) >= 11 is 0. The Bertz CT molecular complexity index is 934. The smallest absolute Gasteiger partial charge is 0.219 e. The number of aliphatic hydroxyl groups is 1. The third kappa shape index (κ3) is 9.80. The number of nitrogens with zero attached hydrogens (tertiary/aromatic N) is 1. The van der Waals surface area contributed by atoms with Crippen LogP contribution in [0.3, 0.4) is 0 Å². The number of amides is 3. The van der Waals surface area contributed by atoms with Gasteiger partial charge < -0.3 is 30.8 Å². The summed E-state index contributed by atoms with van der Waals surface area (Å²) in [4.78, 5) is 46.7. The van der Waals surface area contributed by atoms with Crippen molar-refractivity contribution in [3.63, 3.8) is 0 Å². The fraction of sp³-hybridized carbons (Fsp3) is 0.556. The van der Waals surface area contributed by atoms with Gasteiger partial charge in [-0.15, -0.1) is 0 Å². The molecule has 0 spiro atoms. The van der Waals surface area contributed by atoms with Crippen LogP contribution in [0.1, 0.15) is 61.6 Å². The van der Waals surface area contributed by atoms with Crippen molar-refractivity contribution in [1.29, 1.82) is 0 Å². The fourth-order valence-electron chi connectivity index (χ4n) is 4.27. The zero-order chi connectivity index (χ0) is 26.3. The van der Waals surface area contributed by atoms with Crippen LogP contribution < -0.4 is 16.0 Å². The summed E-state index contributed by atoms with van der Waals surface area (Å²) in [7, 11) is 1.53. The predicted molar refractivity (Wildman–Crippen MR) is 137 cm³/mol. The first-order chi connectivity index (χ1) is 17.4. The molecule has 0 saturated heterocycles. The zero-order valence-electron chi connectivity index (χ0n) is 21.2. The number of nitrogens with one attached hydrogen (secondary N) is 3. The van der Waals surface area contributed by atoms with Crippen LogP contribution in [0.25, 0.3) is 0 Å². The molecule has 0 radical (unpaired) electrons. The third-order valence-electron chi connectivity index (χ3n) is 6.61. The largest absolute Gasteiger partial charge is 0.391 e. The first-order valence-electron chi connectivity index (χ1n) is 12.5. The number of hydrogen-bond acceptors (Lipinski definition) is 6. The van der Waals surface area contributed by atoms with Gasteiger partial charge in [0.05, 0.1) is 12.1 Å². The molecule has 9 heteroatoms. The Kier molecular flexibility index (Phi) is 12.7. The fourth-order valence-corrected chi connectivity index (χ4v) is 4.27. The van der Waals surface area contributed by atoms with E-state index in [4.69, 9.17) is 0 Å². The molecule has 1 aromatic rings. The summed E-state index contributed by atoms with van der Waals surface area (Å²) in [5, 5.41) is 19.0. The Morgan fingerprint density at radius 1 is 1.19 bits per heavy atom. The van der Waals surface area contributed by atoms with Gasteiger partial charge >= 0.3 is 0 Å². The normalized spacial score (nSPS) is 18.6. The highest BCUT2D eigenvalue weighted by Crippen LogP contribution is 2.18. The zero-order valence-corrected chi connectivity index (χ0v) is 21.2. The first kappa shape index (κ1) is 29.0. The quantitative estimate of drug-likeness (QED) is 0.222. The topological polar surface area (TPSA) is 128 Å². The van der Waals surface area contributed by atoms with Crippen molar-refractivity contribution in [1.82, 2.24) is 20.9 Å². The van der Waals surface area contributed by atoms with Crippen LogP contribution in [-0.2, 0) is 25.7 Å². The number of hydrogen-bond donors (Lipinski definition) is 4. The highest BCUT2D eigenvalue weighted by Gasteiger charge is 2.21. The molecule has 36 heavy (non-hydrogen) atoms. The van der Waals surface area contributed by atoms with Crippen LogP contribution in [0, 0.1) is 18.8 Å². The number of aldehydes is 1. The van der Waals surface area contributed by atoms with Crippen molar-refractivity contribution in [2.24, 2.45) is 0 Å². The van der Waals surface area contributed by atoms with Crippen molar-refractivity contribution in [3.8, 4) is 11.8 Å². The molecule has 3 amide bonds. The van der Waals surface area contributed by atoms with Crippen LogP contribution in [0.4, 0.5) is 0 Å². The molecule has 1 aromatic carbocycles. The molecule has 196 valence electrons. The number of benzene rings is 1. The summed E-state index contributed by atoms with van der Waals surface area (Å²) in [6, 6.07) is 5.58. The number of carbonyl (C=O) groups is 4. The van der Waals surface area contributed by atoms with Gasteiger partial charge in [-0.2, -0.15) is 0 Å².